The summed E-state index contributed by atoms with van der Waals surface area (Å²) in [5.74, 6) is 1.17. The lowest BCUT2D eigenvalue weighted by atomic mass is 9.76. The van der Waals surface area contributed by atoms with Crippen LogP contribution in [0.2, 0.25) is 0 Å². The number of hydrazine groups is 1. The number of carbonyl (C=O) groups excluding carboxylic acids is 2. The van der Waals surface area contributed by atoms with E-state index in [0.717, 1.165) is 97.4 Å². The van der Waals surface area contributed by atoms with E-state index in [2.05, 4.69) is 37.2 Å². The molecule has 228 valence electrons. The maximum Gasteiger partial charge on any atom is 0.237 e. The number of hydrogen-bond donors (Lipinski definition) is 6. The minimum Gasteiger partial charge on any atom is -0.379 e. The average Bonchev–Trinajstić information content (AvgIpc) is 3.47. The highest BCUT2D eigenvalue weighted by Gasteiger charge is 2.39. The molecule has 0 bridgehead atoms. The predicted octanol–water partition coefficient (Wildman–Crippen LogP) is 0.314. The molecule has 3 saturated heterocycles. The Bertz CT molecular complexity index is 793. The summed E-state index contributed by atoms with van der Waals surface area (Å²) < 4.78 is 11.6. The third kappa shape index (κ3) is 8.81. The van der Waals surface area contributed by atoms with Gasteiger partial charge in [0.1, 0.15) is 6.23 Å². The Morgan fingerprint density at radius 1 is 1.05 bits per heavy atom. The van der Waals surface area contributed by atoms with E-state index in [1.165, 1.54) is 6.42 Å². The number of fused-ring (bicyclic) bond motifs is 1. The van der Waals surface area contributed by atoms with Crippen LogP contribution in [0.1, 0.15) is 70.6 Å². The second kappa shape index (κ2) is 15.7. The van der Waals surface area contributed by atoms with Crippen LogP contribution in [0.3, 0.4) is 0 Å². The molecule has 3 heterocycles. The van der Waals surface area contributed by atoms with E-state index >= 15 is 0 Å². The minimum atomic E-state index is -0.143. The zero-order valence-electron chi connectivity index (χ0n) is 24.0. The molecule has 3 aliphatic heterocycles. The van der Waals surface area contributed by atoms with Crippen LogP contribution in [0, 0.1) is 17.8 Å². The molecule has 6 N–H and O–H groups in total. The van der Waals surface area contributed by atoms with Crippen LogP contribution in [0.5, 0.6) is 0 Å². The van der Waals surface area contributed by atoms with Gasteiger partial charge in [-0.25, -0.2) is 5.43 Å². The van der Waals surface area contributed by atoms with Crippen LogP contribution in [-0.4, -0.2) is 93.9 Å². The topological polar surface area (TPSA) is 137 Å². The van der Waals surface area contributed by atoms with Gasteiger partial charge in [0, 0.05) is 44.4 Å². The quantitative estimate of drug-likeness (QED) is 0.173. The summed E-state index contributed by atoms with van der Waals surface area (Å²) in [7, 11) is 0. The lowest BCUT2D eigenvalue weighted by molar-refractivity contribution is -0.134. The zero-order chi connectivity index (χ0) is 27.6. The molecule has 0 spiro atoms. The largest absolute Gasteiger partial charge is 0.379 e. The van der Waals surface area contributed by atoms with Crippen molar-refractivity contribution in [3.05, 3.63) is 0 Å². The van der Waals surface area contributed by atoms with Gasteiger partial charge in [-0.2, -0.15) is 5.48 Å². The third-order valence-electron chi connectivity index (χ3n) is 9.37. The predicted molar refractivity (Wildman–Crippen MR) is 149 cm³/mol. The highest BCUT2D eigenvalue weighted by atomic mass is 16.7. The molecule has 2 aliphatic carbocycles. The number of nitrogens with one attached hydrogen (secondary N) is 6. The molecule has 5 atom stereocenters. The number of rotatable bonds is 13. The maximum absolute atomic E-state index is 12.4. The van der Waals surface area contributed by atoms with Crippen LogP contribution in [-0.2, 0) is 23.9 Å². The summed E-state index contributed by atoms with van der Waals surface area (Å²) in [6.07, 6.45) is 11.2. The maximum atomic E-state index is 12.4. The van der Waals surface area contributed by atoms with Crippen molar-refractivity contribution in [2.75, 3.05) is 52.5 Å². The molecule has 40 heavy (non-hydrogen) atoms. The second-order valence-electron chi connectivity index (χ2n) is 12.1. The number of nitrogens with zero attached hydrogens (tertiary/aromatic N) is 1. The van der Waals surface area contributed by atoms with Crippen LogP contribution < -0.4 is 32.3 Å². The second-order valence-corrected chi connectivity index (χ2v) is 12.1. The number of hydroxylamine groups is 1. The average molecular weight is 566 g/mol. The molecule has 12 heteroatoms. The van der Waals surface area contributed by atoms with Crippen molar-refractivity contribution in [3.8, 4) is 0 Å². The standard InChI is InChI=1S/C28H51N7O5/c36-24(29-12-3-13-30-27-22-4-1-2-5-23(22)28(37)33-32-27)10-11-25-31-26(34-40-25)20-6-8-21(9-7-20)39-19-16-35-14-17-38-18-15-35/h20-23,25-27,30-32,34H,1-19H2,(H,29,36)(H,33,37). The molecule has 5 unspecified atom stereocenters. The van der Waals surface area contributed by atoms with E-state index in [1.54, 1.807) is 0 Å². The lowest BCUT2D eigenvalue weighted by Crippen LogP contribution is -2.64. The fraction of sp³-hybridized carbons (Fsp3) is 0.929. The van der Waals surface area contributed by atoms with E-state index < -0.39 is 0 Å². The molecule has 5 rings (SSSR count). The Morgan fingerprint density at radius 3 is 2.73 bits per heavy atom. The van der Waals surface area contributed by atoms with E-state index in [0.29, 0.717) is 37.3 Å². The van der Waals surface area contributed by atoms with Gasteiger partial charge < -0.3 is 20.1 Å². The van der Waals surface area contributed by atoms with E-state index in [-0.39, 0.29) is 36.3 Å². The van der Waals surface area contributed by atoms with Crippen molar-refractivity contribution in [1.82, 2.24) is 37.2 Å². The summed E-state index contributed by atoms with van der Waals surface area (Å²) in [4.78, 5) is 32.6. The van der Waals surface area contributed by atoms with E-state index in [1.807, 2.05) is 0 Å². The monoisotopic (exact) mass is 565 g/mol. The molecule has 5 fully saturated rings. The Hall–Kier alpha value is -1.38. The lowest BCUT2D eigenvalue weighted by Gasteiger charge is -2.41. The van der Waals surface area contributed by atoms with Gasteiger partial charge in [-0.05, 0) is 63.8 Å². The van der Waals surface area contributed by atoms with Gasteiger partial charge in [-0.3, -0.25) is 30.1 Å². The minimum absolute atomic E-state index is 0.0546. The van der Waals surface area contributed by atoms with E-state index in [9.17, 15) is 9.59 Å². The first-order valence-corrected chi connectivity index (χ1v) is 15.8. The smallest absolute Gasteiger partial charge is 0.237 e. The summed E-state index contributed by atoms with van der Waals surface area (Å²) in [6.45, 7) is 6.91. The summed E-state index contributed by atoms with van der Waals surface area (Å²) in [5, 5.41) is 10.1. The number of amides is 2. The third-order valence-corrected chi connectivity index (χ3v) is 9.37. The summed E-state index contributed by atoms with van der Waals surface area (Å²) >= 11 is 0. The number of ether oxygens (including phenoxy) is 2. The molecule has 2 amide bonds. The van der Waals surface area contributed by atoms with Crippen molar-refractivity contribution in [1.29, 1.82) is 0 Å². The fourth-order valence-corrected chi connectivity index (χ4v) is 6.92. The first-order chi connectivity index (χ1) is 19.7. The highest BCUT2D eigenvalue weighted by molar-refractivity contribution is 5.79. The van der Waals surface area contributed by atoms with Crippen LogP contribution in [0.25, 0.3) is 0 Å². The van der Waals surface area contributed by atoms with Crippen LogP contribution in [0.4, 0.5) is 0 Å². The Morgan fingerprint density at radius 2 is 1.88 bits per heavy atom. The molecule has 12 nitrogen and oxygen atoms in total. The number of hydrogen-bond acceptors (Lipinski definition) is 10. The molecule has 0 radical (unpaired) electrons. The van der Waals surface area contributed by atoms with Crippen molar-refractivity contribution < 1.29 is 23.9 Å². The Labute approximate surface area is 238 Å². The van der Waals surface area contributed by atoms with Crippen molar-refractivity contribution >= 4 is 11.8 Å². The fourth-order valence-electron chi connectivity index (χ4n) is 6.92. The van der Waals surface area contributed by atoms with E-state index in [4.69, 9.17) is 14.3 Å². The normalized spacial score (nSPS) is 35.2. The van der Waals surface area contributed by atoms with Crippen molar-refractivity contribution in [3.63, 3.8) is 0 Å². The van der Waals surface area contributed by atoms with Gasteiger partial charge in [0.2, 0.25) is 11.8 Å². The molecular formula is C28H51N7O5. The Kier molecular flexibility index (Phi) is 11.8. The first-order valence-electron chi connectivity index (χ1n) is 15.8. The molecule has 0 aromatic carbocycles. The SMILES string of the molecule is O=C(CCC1NC(C2CCC(OCCN3CCOCC3)CC2)NO1)NCCCNC1NNC(=O)C2CCCCC12. The van der Waals surface area contributed by atoms with Gasteiger partial charge in [-0.15, -0.1) is 0 Å². The number of carbonyl (C=O) groups is 2. The zero-order valence-corrected chi connectivity index (χ0v) is 24.0. The molecule has 0 aromatic rings. The first kappa shape index (κ1) is 30.1. The molecular weight excluding hydrogens is 514 g/mol. The number of morpholine rings is 1. The highest BCUT2D eigenvalue weighted by Crippen LogP contribution is 2.33. The summed E-state index contributed by atoms with van der Waals surface area (Å²) in [5.41, 5.74) is 9.13. The molecule has 2 saturated carbocycles. The van der Waals surface area contributed by atoms with Gasteiger partial charge in [-0.1, -0.05) is 12.8 Å². The van der Waals surface area contributed by atoms with Crippen LogP contribution >= 0.6 is 0 Å². The van der Waals surface area contributed by atoms with Crippen molar-refractivity contribution in [2.24, 2.45) is 17.8 Å². The van der Waals surface area contributed by atoms with Gasteiger partial charge in [0.25, 0.3) is 0 Å². The summed E-state index contributed by atoms with van der Waals surface area (Å²) in [6, 6.07) is 0. The van der Waals surface area contributed by atoms with Crippen molar-refractivity contribution in [2.45, 2.75) is 95.3 Å². The van der Waals surface area contributed by atoms with Gasteiger partial charge in [0.05, 0.1) is 38.3 Å². The molecule has 5 aliphatic rings. The Balaban J connectivity index is 0.876. The van der Waals surface area contributed by atoms with Gasteiger partial charge in [0.15, 0.2) is 0 Å². The molecule has 0 aromatic heterocycles. The van der Waals surface area contributed by atoms with Crippen LogP contribution in [0.15, 0.2) is 0 Å². The van der Waals surface area contributed by atoms with Gasteiger partial charge >= 0.3 is 0 Å².